The molecule has 1 aromatic rings. The predicted molar refractivity (Wildman–Crippen MR) is 62.3 cm³/mol. The Labute approximate surface area is 86.7 Å². The van der Waals surface area contributed by atoms with E-state index in [1.165, 1.54) is 22.3 Å². The molecular weight excluding hydrogens is 168 g/mol. The topological polar surface area (TPSA) is 0 Å². The first-order valence-corrected chi connectivity index (χ1v) is 5.29. The molecule has 0 bridgehead atoms. The smallest absolute Gasteiger partial charge is 0.00825 e. The molecule has 0 aliphatic heterocycles. The zero-order valence-electron chi connectivity index (χ0n) is 9.52. The minimum atomic E-state index is 0.277. The van der Waals surface area contributed by atoms with Crippen molar-refractivity contribution < 1.29 is 0 Å². The highest BCUT2D eigenvalue weighted by Gasteiger charge is 2.24. The highest BCUT2D eigenvalue weighted by molar-refractivity contribution is 5.77. The highest BCUT2D eigenvalue weighted by Crippen LogP contribution is 2.40. The summed E-state index contributed by atoms with van der Waals surface area (Å²) >= 11 is 0. The molecule has 0 unspecified atom stereocenters. The van der Waals surface area contributed by atoms with Gasteiger partial charge in [-0.05, 0) is 41.0 Å². The fourth-order valence-corrected chi connectivity index (χ4v) is 2.25. The zero-order valence-corrected chi connectivity index (χ0v) is 9.52. The normalized spacial score (nSPS) is 15.3. The first-order chi connectivity index (χ1) is 6.50. The summed E-state index contributed by atoms with van der Waals surface area (Å²) in [5.41, 5.74) is 6.21. The molecule has 0 fully saturated rings. The zero-order chi connectivity index (χ0) is 10.3. The van der Waals surface area contributed by atoms with Gasteiger partial charge in [-0.2, -0.15) is 0 Å². The van der Waals surface area contributed by atoms with Crippen LogP contribution in [0.1, 0.15) is 37.5 Å². The van der Waals surface area contributed by atoms with Crippen LogP contribution in [0.2, 0.25) is 0 Å². The SMILES string of the molecule is Cc1cccc2c1CC=C2C(C)(C)C. The molecule has 0 atom stereocenters. The van der Waals surface area contributed by atoms with Crippen LogP contribution in [-0.4, -0.2) is 0 Å². The highest BCUT2D eigenvalue weighted by atomic mass is 14.3. The number of rotatable bonds is 0. The molecule has 0 amide bonds. The van der Waals surface area contributed by atoms with Crippen LogP contribution in [0.5, 0.6) is 0 Å². The van der Waals surface area contributed by atoms with Crippen LogP contribution in [-0.2, 0) is 6.42 Å². The fraction of sp³-hybridized carbons (Fsp3) is 0.429. The molecule has 0 heteroatoms. The molecular formula is C14H18. The lowest BCUT2D eigenvalue weighted by Gasteiger charge is -2.22. The summed E-state index contributed by atoms with van der Waals surface area (Å²) in [4.78, 5) is 0. The molecule has 0 radical (unpaired) electrons. The first-order valence-electron chi connectivity index (χ1n) is 5.29. The lowest BCUT2D eigenvalue weighted by molar-refractivity contribution is 0.567. The van der Waals surface area contributed by atoms with Gasteiger partial charge in [-0.25, -0.2) is 0 Å². The average molecular weight is 186 g/mol. The van der Waals surface area contributed by atoms with E-state index in [0.717, 1.165) is 6.42 Å². The maximum absolute atomic E-state index is 2.39. The summed E-state index contributed by atoms with van der Waals surface area (Å²) in [5.74, 6) is 0. The summed E-state index contributed by atoms with van der Waals surface area (Å²) in [6, 6.07) is 6.63. The quantitative estimate of drug-likeness (QED) is 0.575. The second kappa shape index (κ2) is 2.98. The van der Waals surface area contributed by atoms with E-state index in [4.69, 9.17) is 0 Å². The molecule has 0 saturated heterocycles. The molecule has 0 N–H and O–H groups in total. The van der Waals surface area contributed by atoms with Crippen LogP contribution in [0, 0.1) is 12.3 Å². The standard InChI is InChI=1S/C14H18/c1-10-6-5-7-12-11(10)8-9-13(12)14(2,3)4/h5-7,9H,8H2,1-4H3. The Balaban J connectivity index is 2.53. The lowest BCUT2D eigenvalue weighted by Crippen LogP contribution is -2.07. The summed E-state index contributed by atoms with van der Waals surface area (Å²) in [7, 11) is 0. The number of hydrogen-bond donors (Lipinski definition) is 0. The van der Waals surface area contributed by atoms with Crippen molar-refractivity contribution in [3.63, 3.8) is 0 Å². The largest absolute Gasteiger partial charge is 0.0757 e. The summed E-state index contributed by atoms with van der Waals surface area (Å²) in [6.07, 6.45) is 3.51. The third kappa shape index (κ3) is 1.39. The van der Waals surface area contributed by atoms with Crippen molar-refractivity contribution >= 4 is 5.57 Å². The monoisotopic (exact) mass is 186 g/mol. The van der Waals surface area contributed by atoms with E-state index in [2.05, 4.69) is 52.0 Å². The van der Waals surface area contributed by atoms with Crippen molar-refractivity contribution in [1.29, 1.82) is 0 Å². The van der Waals surface area contributed by atoms with Crippen LogP contribution >= 0.6 is 0 Å². The second-order valence-electron chi connectivity index (χ2n) is 5.17. The van der Waals surface area contributed by atoms with E-state index in [9.17, 15) is 0 Å². The van der Waals surface area contributed by atoms with Gasteiger partial charge in [-0.3, -0.25) is 0 Å². The minimum absolute atomic E-state index is 0.277. The molecule has 74 valence electrons. The molecule has 0 aromatic heterocycles. The van der Waals surface area contributed by atoms with Gasteiger partial charge < -0.3 is 0 Å². The van der Waals surface area contributed by atoms with Crippen molar-refractivity contribution in [2.24, 2.45) is 5.41 Å². The maximum Gasteiger partial charge on any atom is -0.00825 e. The van der Waals surface area contributed by atoms with Gasteiger partial charge in [0.05, 0.1) is 0 Å². The van der Waals surface area contributed by atoms with Gasteiger partial charge in [0.25, 0.3) is 0 Å². The number of allylic oxidation sites excluding steroid dienone is 2. The molecule has 2 rings (SSSR count). The van der Waals surface area contributed by atoms with Crippen LogP contribution < -0.4 is 0 Å². The van der Waals surface area contributed by atoms with E-state index in [0.29, 0.717) is 0 Å². The average Bonchev–Trinajstić information content (AvgIpc) is 2.47. The third-order valence-corrected chi connectivity index (χ3v) is 3.02. The van der Waals surface area contributed by atoms with Gasteiger partial charge in [0.15, 0.2) is 0 Å². The summed E-state index contributed by atoms with van der Waals surface area (Å²) in [6.45, 7) is 9.07. The fourth-order valence-electron chi connectivity index (χ4n) is 2.25. The Morgan fingerprint density at radius 3 is 2.50 bits per heavy atom. The van der Waals surface area contributed by atoms with Crippen molar-refractivity contribution in [3.8, 4) is 0 Å². The van der Waals surface area contributed by atoms with Crippen molar-refractivity contribution in [2.75, 3.05) is 0 Å². The number of aryl methyl sites for hydroxylation is 1. The van der Waals surface area contributed by atoms with Gasteiger partial charge in [0.2, 0.25) is 0 Å². The molecule has 0 heterocycles. The maximum atomic E-state index is 2.39. The van der Waals surface area contributed by atoms with Gasteiger partial charge >= 0.3 is 0 Å². The van der Waals surface area contributed by atoms with Crippen LogP contribution in [0.25, 0.3) is 5.57 Å². The Bertz CT molecular complexity index is 389. The Hall–Kier alpha value is -1.04. The van der Waals surface area contributed by atoms with Gasteiger partial charge in [-0.1, -0.05) is 45.0 Å². The van der Waals surface area contributed by atoms with Crippen LogP contribution in [0.4, 0.5) is 0 Å². The molecule has 1 aromatic carbocycles. The van der Waals surface area contributed by atoms with E-state index in [1.54, 1.807) is 0 Å². The van der Waals surface area contributed by atoms with Crippen molar-refractivity contribution in [3.05, 3.63) is 41.0 Å². The Morgan fingerprint density at radius 2 is 1.86 bits per heavy atom. The molecule has 14 heavy (non-hydrogen) atoms. The van der Waals surface area contributed by atoms with E-state index in [-0.39, 0.29) is 5.41 Å². The lowest BCUT2D eigenvalue weighted by atomic mass is 9.83. The minimum Gasteiger partial charge on any atom is -0.0757 e. The van der Waals surface area contributed by atoms with Crippen molar-refractivity contribution in [1.82, 2.24) is 0 Å². The summed E-state index contributed by atoms with van der Waals surface area (Å²) in [5, 5.41) is 0. The number of fused-ring (bicyclic) bond motifs is 1. The first kappa shape index (κ1) is 9.51. The van der Waals surface area contributed by atoms with E-state index < -0.39 is 0 Å². The van der Waals surface area contributed by atoms with Gasteiger partial charge in [-0.15, -0.1) is 0 Å². The Kier molecular flexibility index (Phi) is 2.02. The predicted octanol–water partition coefficient (Wildman–Crippen LogP) is 3.98. The third-order valence-electron chi connectivity index (χ3n) is 3.02. The molecule has 1 aliphatic rings. The Morgan fingerprint density at radius 1 is 1.14 bits per heavy atom. The molecule has 0 spiro atoms. The van der Waals surface area contributed by atoms with E-state index in [1.807, 2.05) is 0 Å². The van der Waals surface area contributed by atoms with Crippen LogP contribution in [0.3, 0.4) is 0 Å². The molecule has 0 nitrogen and oxygen atoms in total. The van der Waals surface area contributed by atoms with E-state index >= 15 is 0 Å². The number of hydrogen-bond acceptors (Lipinski definition) is 0. The summed E-state index contributed by atoms with van der Waals surface area (Å²) < 4.78 is 0. The van der Waals surface area contributed by atoms with Crippen molar-refractivity contribution in [2.45, 2.75) is 34.1 Å². The molecule has 0 saturated carbocycles. The second-order valence-corrected chi connectivity index (χ2v) is 5.17. The van der Waals surface area contributed by atoms with Crippen LogP contribution in [0.15, 0.2) is 24.3 Å². The van der Waals surface area contributed by atoms with Gasteiger partial charge in [0.1, 0.15) is 0 Å². The van der Waals surface area contributed by atoms with Gasteiger partial charge in [0, 0.05) is 0 Å². The number of benzene rings is 1. The molecule has 1 aliphatic carbocycles.